The lowest BCUT2D eigenvalue weighted by Gasteiger charge is -2.36. The summed E-state index contributed by atoms with van der Waals surface area (Å²) in [5, 5.41) is 9.43. The molecule has 1 amide bonds. The standard InChI is InChI=1S/C14H16BrN3O2/c1-20-14(19)18-7-5-17(6-8-18)13(10-16)11-3-2-4-12(15)9-11/h2-4,9,13H,5-8H2,1H3. The first kappa shape index (κ1) is 14.8. The predicted molar refractivity (Wildman–Crippen MR) is 78.0 cm³/mol. The Hall–Kier alpha value is -1.58. The number of piperazine rings is 1. The summed E-state index contributed by atoms with van der Waals surface area (Å²) >= 11 is 3.42. The first-order chi connectivity index (χ1) is 9.65. The van der Waals surface area contributed by atoms with Gasteiger partial charge < -0.3 is 9.64 Å². The van der Waals surface area contributed by atoms with Crippen LogP contribution in [0.2, 0.25) is 0 Å². The van der Waals surface area contributed by atoms with Crippen molar-refractivity contribution in [3.8, 4) is 6.07 Å². The molecule has 106 valence electrons. The molecule has 1 atom stereocenters. The number of carbonyl (C=O) groups is 1. The fourth-order valence-electron chi connectivity index (χ4n) is 2.34. The summed E-state index contributed by atoms with van der Waals surface area (Å²) in [5.41, 5.74) is 0.966. The minimum Gasteiger partial charge on any atom is -0.453 e. The zero-order valence-electron chi connectivity index (χ0n) is 11.3. The van der Waals surface area contributed by atoms with Gasteiger partial charge in [0, 0.05) is 30.7 Å². The van der Waals surface area contributed by atoms with Gasteiger partial charge in [0.25, 0.3) is 0 Å². The van der Waals surface area contributed by atoms with E-state index in [0.29, 0.717) is 26.2 Å². The fraction of sp³-hybridized carbons (Fsp3) is 0.429. The van der Waals surface area contributed by atoms with Crippen LogP contribution in [0.4, 0.5) is 4.79 Å². The number of amides is 1. The highest BCUT2D eigenvalue weighted by molar-refractivity contribution is 9.10. The van der Waals surface area contributed by atoms with Gasteiger partial charge >= 0.3 is 6.09 Å². The van der Waals surface area contributed by atoms with E-state index in [0.717, 1.165) is 10.0 Å². The minimum atomic E-state index is -0.305. The molecule has 0 aliphatic carbocycles. The van der Waals surface area contributed by atoms with Crippen LogP contribution in [0.5, 0.6) is 0 Å². The molecule has 1 saturated heterocycles. The molecular formula is C14H16BrN3O2. The Balaban J connectivity index is 2.05. The maximum absolute atomic E-state index is 11.4. The molecular weight excluding hydrogens is 322 g/mol. The summed E-state index contributed by atoms with van der Waals surface area (Å²) in [6, 6.07) is 9.83. The van der Waals surface area contributed by atoms with E-state index in [1.54, 1.807) is 4.90 Å². The Morgan fingerprint density at radius 1 is 1.40 bits per heavy atom. The van der Waals surface area contributed by atoms with E-state index < -0.39 is 0 Å². The molecule has 1 fully saturated rings. The Kier molecular flexibility index (Phi) is 4.99. The third-order valence-electron chi connectivity index (χ3n) is 3.40. The summed E-state index contributed by atoms with van der Waals surface area (Å²) < 4.78 is 5.67. The van der Waals surface area contributed by atoms with Gasteiger partial charge in [0.2, 0.25) is 0 Å². The van der Waals surface area contributed by atoms with Crippen LogP contribution in [0, 0.1) is 11.3 Å². The zero-order chi connectivity index (χ0) is 14.5. The van der Waals surface area contributed by atoms with Crippen molar-refractivity contribution < 1.29 is 9.53 Å². The highest BCUT2D eigenvalue weighted by Crippen LogP contribution is 2.24. The largest absolute Gasteiger partial charge is 0.453 e. The van der Waals surface area contributed by atoms with E-state index in [-0.39, 0.29) is 12.1 Å². The molecule has 1 aromatic rings. The highest BCUT2D eigenvalue weighted by Gasteiger charge is 2.27. The minimum absolute atomic E-state index is 0.285. The molecule has 1 aliphatic heterocycles. The monoisotopic (exact) mass is 337 g/mol. The van der Waals surface area contributed by atoms with E-state index in [1.807, 2.05) is 24.3 Å². The van der Waals surface area contributed by atoms with Crippen LogP contribution in [0.15, 0.2) is 28.7 Å². The number of hydrogen-bond donors (Lipinski definition) is 0. The second-order valence-corrected chi connectivity index (χ2v) is 5.50. The van der Waals surface area contributed by atoms with Gasteiger partial charge in [-0.15, -0.1) is 0 Å². The molecule has 1 heterocycles. The molecule has 2 rings (SSSR count). The Bertz CT molecular complexity index is 521. The SMILES string of the molecule is COC(=O)N1CCN(C(C#N)c2cccc(Br)c2)CC1. The number of halogens is 1. The molecule has 6 heteroatoms. The van der Waals surface area contributed by atoms with Crippen LogP contribution in [0.1, 0.15) is 11.6 Å². The smallest absolute Gasteiger partial charge is 0.409 e. The van der Waals surface area contributed by atoms with Gasteiger partial charge in [-0.1, -0.05) is 28.1 Å². The van der Waals surface area contributed by atoms with E-state index in [9.17, 15) is 10.1 Å². The van der Waals surface area contributed by atoms with Crippen molar-refractivity contribution >= 4 is 22.0 Å². The molecule has 0 radical (unpaired) electrons. The first-order valence-electron chi connectivity index (χ1n) is 6.37. The lowest BCUT2D eigenvalue weighted by Crippen LogP contribution is -2.49. The summed E-state index contributed by atoms with van der Waals surface area (Å²) in [6.45, 7) is 2.50. The number of benzene rings is 1. The molecule has 1 aliphatic rings. The Labute approximate surface area is 126 Å². The number of hydrogen-bond acceptors (Lipinski definition) is 4. The molecule has 0 spiro atoms. The second kappa shape index (κ2) is 6.73. The molecule has 0 N–H and O–H groups in total. The topological polar surface area (TPSA) is 56.6 Å². The van der Waals surface area contributed by atoms with Crippen molar-refractivity contribution in [1.29, 1.82) is 5.26 Å². The summed E-state index contributed by atoms with van der Waals surface area (Å²) in [5.74, 6) is 0. The normalized spacial score (nSPS) is 17.4. The number of carbonyl (C=O) groups excluding carboxylic acids is 1. The van der Waals surface area contributed by atoms with Crippen LogP contribution < -0.4 is 0 Å². The van der Waals surface area contributed by atoms with E-state index in [1.165, 1.54) is 7.11 Å². The maximum Gasteiger partial charge on any atom is 0.409 e. The summed E-state index contributed by atoms with van der Waals surface area (Å²) in [4.78, 5) is 15.2. The number of nitriles is 1. The summed E-state index contributed by atoms with van der Waals surface area (Å²) in [7, 11) is 1.38. The molecule has 5 nitrogen and oxygen atoms in total. The van der Waals surface area contributed by atoms with E-state index in [2.05, 4.69) is 26.9 Å². The zero-order valence-corrected chi connectivity index (χ0v) is 12.8. The van der Waals surface area contributed by atoms with E-state index in [4.69, 9.17) is 4.74 Å². The van der Waals surface area contributed by atoms with Crippen LogP contribution in [0.3, 0.4) is 0 Å². The quantitative estimate of drug-likeness (QED) is 0.831. The molecule has 0 aromatic heterocycles. The Morgan fingerprint density at radius 3 is 2.65 bits per heavy atom. The van der Waals surface area contributed by atoms with Gasteiger partial charge in [-0.3, -0.25) is 4.90 Å². The molecule has 1 unspecified atom stereocenters. The lowest BCUT2D eigenvalue weighted by atomic mass is 10.1. The summed E-state index contributed by atoms with van der Waals surface area (Å²) in [6.07, 6.45) is -0.305. The third kappa shape index (κ3) is 3.30. The number of ether oxygens (including phenoxy) is 1. The van der Waals surface area contributed by atoms with Crippen LogP contribution >= 0.6 is 15.9 Å². The average molecular weight is 338 g/mol. The van der Waals surface area contributed by atoms with Crippen molar-refractivity contribution in [2.24, 2.45) is 0 Å². The van der Waals surface area contributed by atoms with Gasteiger partial charge in [0.1, 0.15) is 6.04 Å². The maximum atomic E-state index is 11.4. The third-order valence-corrected chi connectivity index (χ3v) is 3.89. The number of rotatable bonds is 2. The van der Waals surface area contributed by atoms with Crippen molar-refractivity contribution in [3.63, 3.8) is 0 Å². The average Bonchev–Trinajstić information content (AvgIpc) is 2.48. The van der Waals surface area contributed by atoms with Gasteiger partial charge in [-0.25, -0.2) is 4.79 Å². The molecule has 1 aromatic carbocycles. The van der Waals surface area contributed by atoms with E-state index >= 15 is 0 Å². The highest BCUT2D eigenvalue weighted by atomic mass is 79.9. The number of nitrogens with zero attached hydrogens (tertiary/aromatic N) is 3. The molecule has 0 saturated carbocycles. The first-order valence-corrected chi connectivity index (χ1v) is 7.17. The van der Waals surface area contributed by atoms with Gasteiger partial charge in [-0.2, -0.15) is 5.26 Å². The van der Waals surface area contributed by atoms with Crippen LogP contribution in [-0.4, -0.2) is 49.2 Å². The predicted octanol–water partition coefficient (Wildman–Crippen LogP) is 2.40. The van der Waals surface area contributed by atoms with Crippen molar-refractivity contribution in [3.05, 3.63) is 34.3 Å². The molecule has 0 bridgehead atoms. The fourth-order valence-corrected chi connectivity index (χ4v) is 2.75. The van der Waals surface area contributed by atoms with Crippen molar-refractivity contribution in [2.75, 3.05) is 33.3 Å². The molecule has 20 heavy (non-hydrogen) atoms. The van der Waals surface area contributed by atoms with Gasteiger partial charge in [-0.05, 0) is 17.7 Å². The lowest BCUT2D eigenvalue weighted by molar-refractivity contribution is 0.0834. The van der Waals surface area contributed by atoms with Gasteiger partial charge in [0.05, 0.1) is 13.2 Å². The van der Waals surface area contributed by atoms with Crippen LogP contribution in [-0.2, 0) is 4.74 Å². The Morgan fingerprint density at radius 2 is 2.10 bits per heavy atom. The number of methoxy groups -OCH3 is 1. The van der Waals surface area contributed by atoms with Gasteiger partial charge in [0.15, 0.2) is 0 Å². The van der Waals surface area contributed by atoms with Crippen molar-refractivity contribution in [2.45, 2.75) is 6.04 Å². The second-order valence-electron chi connectivity index (χ2n) is 4.58. The van der Waals surface area contributed by atoms with Crippen molar-refractivity contribution in [1.82, 2.24) is 9.80 Å². The van der Waals surface area contributed by atoms with Crippen LogP contribution in [0.25, 0.3) is 0 Å².